The third kappa shape index (κ3) is 3.05. The Morgan fingerprint density at radius 2 is 2.30 bits per heavy atom. The number of aromatic nitrogens is 3. The highest BCUT2D eigenvalue weighted by Gasteiger charge is 2.07. The summed E-state index contributed by atoms with van der Waals surface area (Å²) in [5, 5.41) is 6.59. The maximum absolute atomic E-state index is 4.34. The summed E-state index contributed by atoms with van der Waals surface area (Å²) >= 11 is 1.67. The molecule has 3 rings (SSSR count). The van der Waals surface area contributed by atoms with Crippen molar-refractivity contribution in [3.05, 3.63) is 65.1 Å². The van der Waals surface area contributed by atoms with Crippen molar-refractivity contribution in [3.63, 3.8) is 0 Å². The first-order valence-corrected chi connectivity index (χ1v) is 7.40. The van der Waals surface area contributed by atoms with E-state index >= 15 is 0 Å². The molecule has 20 heavy (non-hydrogen) atoms. The van der Waals surface area contributed by atoms with Crippen molar-refractivity contribution < 1.29 is 0 Å². The number of rotatable bonds is 5. The summed E-state index contributed by atoms with van der Waals surface area (Å²) in [5.41, 5.74) is 2.37. The second-order valence-corrected chi connectivity index (χ2v) is 5.60. The zero-order valence-corrected chi connectivity index (χ0v) is 12.0. The van der Waals surface area contributed by atoms with E-state index in [2.05, 4.69) is 51.0 Å². The maximum atomic E-state index is 4.34. The molecule has 0 aliphatic heterocycles. The molecule has 1 atom stereocenters. The molecule has 0 amide bonds. The Morgan fingerprint density at radius 3 is 3.05 bits per heavy atom. The lowest BCUT2D eigenvalue weighted by Crippen LogP contribution is -2.06. The normalized spacial score (nSPS) is 12.2. The van der Waals surface area contributed by atoms with Crippen LogP contribution >= 0.6 is 11.3 Å². The van der Waals surface area contributed by atoms with Gasteiger partial charge in [-0.2, -0.15) is 0 Å². The van der Waals surface area contributed by atoms with Gasteiger partial charge in [-0.3, -0.25) is 0 Å². The lowest BCUT2D eigenvalue weighted by atomic mass is 10.2. The number of hydrogen-bond donors (Lipinski definition) is 1. The SMILES string of the molecule is CC(Nc1cccc(Cn2ccnc2)c1)c1nccs1. The van der Waals surface area contributed by atoms with Crippen LogP contribution in [0.3, 0.4) is 0 Å². The summed E-state index contributed by atoms with van der Waals surface area (Å²) in [6.45, 7) is 2.96. The van der Waals surface area contributed by atoms with Crippen molar-refractivity contribution in [2.75, 3.05) is 5.32 Å². The third-order valence-corrected chi connectivity index (χ3v) is 4.01. The Hall–Kier alpha value is -2.14. The van der Waals surface area contributed by atoms with Crippen LogP contribution in [0.15, 0.2) is 54.6 Å². The molecule has 0 aliphatic rings. The molecule has 4 nitrogen and oxygen atoms in total. The number of anilines is 1. The average Bonchev–Trinajstić information content (AvgIpc) is 3.12. The van der Waals surface area contributed by atoms with Crippen molar-refractivity contribution in [3.8, 4) is 0 Å². The van der Waals surface area contributed by atoms with Crippen LogP contribution in [0.25, 0.3) is 0 Å². The summed E-state index contributed by atoms with van der Waals surface area (Å²) in [6, 6.07) is 8.67. The molecular weight excluding hydrogens is 268 g/mol. The minimum Gasteiger partial charge on any atom is -0.376 e. The van der Waals surface area contributed by atoms with E-state index in [1.807, 2.05) is 24.1 Å². The molecule has 0 aliphatic carbocycles. The maximum Gasteiger partial charge on any atom is 0.115 e. The second-order valence-electron chi connectivity index (χ2n) is 4.67. The fourth-order valence-electron chi connectivity index (χ4n) is 2.11. The molecule has 3 aromatic rings. The van der Waals surface area contributed by atoms with Crippen LogP contribution in [0.2, 0.25) is 0 Å². The van der Waals surface area contributed by atoms with E-state index in [1.165, 1.54) is 5.56 Å². The van der Waals surface area contributed by atoms with Gasteiger partial charge in [0.1, 0.15) is 5.01 Å². The molecule has 2 heterocycles. The topological polar surface area (TPSA) is 42.7 Å². The molecule has 102 valence electrons. The number of benzene rings is 1. The van der Waals surface area contributed by atoms with Crippen LogP contribution in [0.1, 0.15) is 23.5 Å². The van der Waals surface area contributed by atoms with Crippen LogP contribution in [-0.4, -0.2) is 14.5 Å². The Bertz CT molecular complexity index is 646. The first kappa shape index (κ1) is 12.9. The number of imidazole rings is 1. The third-order valence-electron chi connectivity index (χ3n) is 3.06. The largest absolute Gasteiger partial charge is 0.376 e. The van der Waals surface area contributed by atoms with E-state index in [4.69, 9.17) is 0 Å². The molecule has 0 radical (unpaired) electrons. The molecule has 2 aromatic heterocycles. The van der Waals surface area contributed by atoms with Crippen LogP contribution in [0.4, 0.5) is 5.69 Å². The number of thiazole rings is 1. The lowest BCUT2D eigenvalue weighted by Gasteiger charge is -2.14. The zero-order valence-electron chi connectivity index (χ0n) is 11.2. The molecular formula is C15H16N4S. The molecule has 1 N–H and O–H groups in total. The van der Waals surface area contributed by atoms with Gasteiger partial charge >= 0.3 is 0 Å². The summed E-state index contributed by atoms with van der Waals surface area (Å²) in [4.78, 5) is 8.40. The first-order valence-electron chi connectivity index (χ1n) is 6.52. The first-order chi connectivity index (χ1) is 9.81. The molecule has 1 unspecified atom stereocenters. The molecule has 0 bridgehead atoms. The molecule has 0 spiro atoms. The lowest BCUT2D eigenvalue weighted by molar-refractivity contribution is 0.796. The van der Waals surface area contributed by atoms with Crippen LogP contribution in [0.5, 0.6) is 0 Å². The second kappa shape index (κ2) is 5.88. The van der Waals surface area contributed by atoms with Crippen molar-refractivity contribution in [2.24, 2.45) is 0 Å². The quantitative estimate of drug-likeness (QED) is 0.779. The summed E-state index contributed by atoms with van der Waals surface area (Å²) in [5.74, 6) is 0. The Labute approximate surface area is 122 Å². The highest BCUT2D eigenvalue weighted by atomic mass is 32.1. The van der Waals surface area contributed by atoms with Gasteiger partial charge in [-0.25, -0.2) is 9.97 Å². The highest BCUT2D eigenvalue weighted by Crippen LogP contribution is 2.21. The Morgan fingerprint density at radius 1 is 1.35 bits per heavy atom. The van der Waals surface area contributed by atoms with Crippen molar-refractivity contribution in [1.82, 2.24) is 14.5 Å². The van der Waals surface area contributed by atoms with Gasteiger partial charge in [0.15, 0.2) is 0 Å². The zero-order chi connectivity index (χ0) is 13.8. The van der Waals surface area contributed by atoms with Gasteiger partial charge in [0.2, 0.25) is 0 Å². The molecule has 0 saturated carbocycles. The van der Waals surface area contributed by atoms with E-state index < -0.39 is 0 Å². The fourth-order valence-corrected chi connectivity index (χ4v) is 2.76. The van der Waals surface area contributed by atoms with Gasteiger partial charge < -0.3 is 9.88 Å². The monoisotopic (exact) mass is 284 g/mol. The van der Waals surface area contributed by atoms with Gasteiger partial charge in [-0.1, -0.05) is 12.1 Å². The summed E-state index contributed by atoms with van der Waals surface area (Å²) < 4.78 is 2.06. The minimum atomic E-state index is 0.221. The Balaban J connectivity index is 1.71. The molecule has 0 fully saturated rings. The van der Waals surface area contributed by atoms with Crippen molar-refractivity contribution in [2.45, 2.75) is 19.5 Å². The van der Waals surface area contributed by atoms with Crippen LogP contribution < -0.4 is 5.32 Å². The van der Waals surface area contributed by atoms with Crippen molar-refractivity contribution >= 4 is 17.0 Å². The van der Waals surface area contributed by atoms with E-state index in [-0.39, 0.29) is 6.04 Å². The number of nitrogens with one attached hydrogen (secondary N) is 1. The average molecular weight is 284 g/mol. The summed E-state index contributed by atoms with van der Waals surface area (Å²) in [6.07, 6.45) is 7.44. The van der Waals surface area contributed by atoms with Gasteiger partial charge in [0, 0.05) is 36.2 Å². The number of hydrogen-bond acceptors (Lipinski definition) is 4. The smallest absolute Gasteiger partial charge is 0.115 e. The number of nitrogens with zero attached hydrogens (tertiary/aromatic N) is 3. The van der Waals surface area contributed by atoms with Crippen LogP contribution in [-0.2, 0) is 6.54 Å². The predicted molar refractivity (Wildman–Crippen MR) is 81.9 cm³/mol. The molecule has 0 saturated heterocycles. The standard InChI is InChI=1S/C15H16N4S/c1-12(15-17-6-8-20-15)18-14-4-2-3-13(9-14)10-19-7-5-16-11-19/h2-9,11-12,18H,10H2,1H3. The van der Waals surface area contributed by atoms with Gasteiger partial charge in [0.05, 0.1) is 12.4 Å². The fraction of sp³-hybridized carbons (Fsp3) is 0.200. The van der Waals surface area contributed by atoms with E-state index in [1.54, 1.807) is 17.5 Å². The van der Waals surface area contributed by atoms with E-state index in [0.717, 1.165) is 17.2 Å². The van der Waals surface area contributed by atoms with Crippen LogP contribution in [0, 0.1) is 0 Å². The minimum absolute atomic E-state index is 0.221. The van der Waals surface area contributed by atoms with E-state index in [9.17, 15) is 0 Å². The van der Waals surface area contributed by atoms with Crippen molar-refractivity contribution in [1.29, 1.82) is 0 Å². The van der Waals surface area contributed by atoms with E-state index in [0.29, 0.717) is 0 Å². The van der Waals surface area contributed by atoms with Gasteiger partial charge in [-0.15, -0.1) is 11.3 Å². The molecule has 5 heteroatoms. The predicted octanol–water partition coefficient (Wildman–Crippen LogP) is 3.56. The Kier molecular flexibility index (Phi) is 3.78. The summed E-state index contributed by atoms with van der Waals surface area (Å²) in [7, 11) is 0. The highest BCUT2D eigenvalue weighted by molar-refractivity contribution is 7.09. The van der Waals surface area contributed by atoms with Gasteiger partial charge in [0.25, 0.3) is 0 Å². The molecule has 1 aromatic carbocycles. The van der Waals surface area contributed by atoms with Gasteiger partial charge in [-0.05, 0) is 24.6 Å².